The van der Waals surface area contributed by atoms with Gasteiger partial charge in [0.25, 0.3) is 0 Å². The van der Waals surface area contributed by atoms with Crippen molar-refractivity contribution in [3.63, 3.8) is 0 Å². The minimum absolute atomic E-state index is 0. The first-order valence-corrected chi connectivity index (χ1v) is 6.82. The molecule has 5 nitrogen and oxygen atoms in total. The Balaban J connectivity index is 0.00000324. The number of hydrogen-bond donors (Lipinski definition) is 0. The molecule has 0 fully saturated rings. The molecule has 0 aromatic heterocycles. The van der Waals surface area contributed by atoms with Crippen LogP contribution in [0, 0.1) is 6.92 Å². The molecule has 0 atom stereocenters. The number of aryl methyl sites for hydroxylation is 1. The van der Waals surface area contributed by atoms with Gasteiger partial charge in [0.05, 0.1) is 4.90 Å². The molecule has 1 aromatic rings. The molecule has 7 heteroatoms. The molecule has 0 saturated carbocycles. The Hall–Kier alpha value is -0.963. The number of amides is 1. The zero-order valence-corrected chi connectivity index (χ0v) is 12.6. The molecule has 0 aliphatic rings. The van der Waals surface area contributed by atoms with E-state index in [2.05, 4.69) is 4.72 Å². The van der Waals surface area contributed by atoms with Gasteiger partial charge in [-0.25, -0.2) is 8.42 Å². The molecule has 0 radical (unpaired) electrons. The van der Waals surface area contributed by atoms with E-state index in [1.54, 1.807) is 32.9 Å². The third-order valence-corrected chi connectivity index (χ3v) is 3.16. The second-order valence-corrected chi connectivity index (χ2v) is 6.46. The molecule has 1 rings (SSSR count). The fourth-order valence-corrected chi connectivity index (χ4v) is 1.96. The molecule has 0 unspecified atom stereocenters. The molecular formula is C12H16LiNO4S. The number of sulfonamides is 1. The molecule has 100 valence electrons. The first kappa shape index (κ1) is 18.0. The van der Waals surface area contributed by atoms with Gasteiger partial charge in [0.1, 0.15) is 15.6 Å². The van der Waals surface area contributed by atoms with Crippen LogP contribution in [0.3, 0.4) is 0 Å². The molecular weight excluding hydrogens is 261 g/mol. The molecule has 1 amide bonds. The van der Waals surface area contributed by atoms with Gasteiger partial charge < -0.3 is 9.46 Å². The number of nitrogens with zero attached hydrogens (tertiary/aromatic N) is 1. The van der Waals surface area contributed by atoms with Crippen LogP contribution in [0.4, 0.5) is 4.79 Å². The first-order valence-electron chi connectivity index (χ1n) is 5.38. The molecule has 0 aliphatic heterocycles. The quantitative estimate of drug-likeness (QED) is 0.713. The van der Waals surface area contributed by atoms with Gasteiger partial charge in [-0.15, -0.1) is 0 Å². The Morgan fingerprint density at radius 1 is 1.16 bits per heavy atom. The molecule has 19 heavy (non-hydrogen) atoms. The summed E-state index contributed by atoms with van der Waals surface area (Å²) < 4.78 is 31.5. The van der Waals surface area contributed by atoms with Crippen molar-refractivity contribution in [3.05, 3.63) is 34.6 Å². The van der Waals surface area contributed by atoms with E-state index in [-0.39, 0.29) is 23.8 Å². The zero-order chi connectivity index (χ0) is 14.0. The van der Waals surface area contributed by atoms with Crippen molar-refractivity contribution in [2.24, 2.45) is 0 Å². The van der Waals surface area contributed by atoms with Crippen molar-refractivity contribution in [2.45, 2.75) is 38.2 Å². The van der Waals surface area contributed by atoms with Crippen molar-refractivity contribution in [2.75, 3.05) is 0 Å². The Labute approximate surface area is 126 Å². The molecule has 0 aliphatic carbocycles. The molecule has 0 heterocycles. The number of carbonyl (C=O) groups excluding carboxylic acids is 1. The van der Waals surface area contributed by atoms with Gasteiger partial charge in [-0.3, -0.25) is 4.79 Å². The Morgan fingerprint density at radius 2 is 1.63 bits per heavy atom. The number of carbonyl (C=O) groups is 1. The first-order chi connectivity index (χ1) is 8.10. The van der Waals surface area contributed by atoms with Gasteiger partial charge in [0, 0.05) is 0 Å². The van der Waals surface area contributed by atoms with E-state index in [1.165, 1.54) is 12.1 Å². The molecule has 1 aromatic carbocycles. The maximum absolute atomic E-state index is 11.8. The van der Waals surface area contributed by atoms with Crippen molar-refractivity contribution < 1.29 is 36.8 Å². The Morgan fingerprint density at radius 3 is 2.05 bits per heavy atom. The van der Waals surface area contributed by atoms with E-state index in [0.717, 1.165) is 5.56 Å². The van der Waals surface area contributed by atoms with Crippen molar-refractivity contribution in [1.82, 2.24) is 0 Å². The summed E-state index contributed by atoms with van der Waals surface area (Å²) in [6.07, 6.45) is -1.11. The van der Waals surface area contributed by atoms with E-state index in [4.69, 9.17) is 4.74 Å². The van der Waals surface area contributed by atoms with Crippen LogP contribution < -0.4 is 18.9 Å². The molecule has 0 bridgehead atoms. The standard InChI is InChI=1S/C12H17NO4S.Li/c1-9-5-7-10(8-6-9)18(15,16)13-11(14)17-12(2,3)4;/h5-8H,1-4H3,(H,13,14);/q;+1/p-1. The van der Waals surface area contributed by atoms with Crippen molar-refractivity contribution >= 4 is 16.1 Å². The Bertz CT molecular complexity index is 532. The predicted octanol–water partition coefficient (Wildman–Crippen LogP) is -0.00348. The van der Waals surface area contributed by atoms with Crippen molar-refractivity contribution in [3.8, 4) is 0 Å². The van der Waals surface area contributed by atoms with Gasteiger partial charge in [-0.1, -0.05) is 17.7 Å². The van der Waals surface area contributed by atoms with Gasteiger partial charge in [-0.05, 0) is 39.8 Å². The van der Waals surface area contributed by atoms with Crippen LogP contribution in [-0.4, -0.2) is 20.1 Å². The van der Waals surface area contributed by atoms with Crippen LogP contribution in [0.2, 0.25) is 0 Å². The third-order valence-electron chi connectivity index (χ3n) is 1.91. The summed E-state index contributed by atoms with van der Waals surface area (Å²) in [5.74, 6) is 0. The van der Waals surface area contributed by atoms with Gasteiger partial charge in [0.15, 0.2) is 0 Å². The smallest absolute Gasteiger partial charge is 0.506 e. The number of rotatable bonds is 2. The number of ether oxygens (including phenoxy) is 1. The summed E-state index contributed by atoms with van der Waals surface area (Å²) in [7, 11) is -4.00. The zero-order valence-electron chi connectivity index (χ0n) is 11.8. The summed E-state index contributed by atoms with van der Waals surface area (Å²) in [4.78, 5) is 11.3. The summed E-state index contributed by atoms with van der Waals surface area (Å²) in [6, 6.07) is 6.08. The topological polar surface area (TPSA) is 74.5 Å². The summed E-state index contributed by atoms with van der Waals surface area (Å²) in [6.45, 7) is 6.75. The van der Waals surface area contributed by atoms with Crippen LogP contribution in [0.25, 0.3) is 4.72 Å². The monoisotopic (exact) mass is 277 g/mol. The minimum atomic E-state index is -4.00. The largest absolute Gasteiger partial charge is 1.00 e. The summed E-state index contributed by atoms with van der Waals surface area (Å²) in [5.41, 5.74) is 0.148. The Kier molecular flexibility index (Phi) is 6.14. The normalized spacial score (nSPS) is 11.4. The summed E-state index contributed by atoms with van der Waals surface area (Å²) in [5, 5.41) is 0. The average Bonchev–Trinajstić information content (AvgIpc) is 2.13. The molecule has 0 spiro atoms. The van der Waals surface area contributed by atoms with E-state index >= 15 is 0 Å². The van der Waals surface area contributed by atoms with E-state index in [1.807, 2.05) is 6.92 Å². The van der Waals surface area contributed by atoms with Crippen LogP contribution in [0.5, 0.6) is 0 Å². The van der Waals surface area contributed by atoms with E-state index in [0.29, 0.717) is 0 Å². The number of hydrogen-bond acceptors (Lipinski definition) is 4. The SMILES string of the molecule is Cc1ccc(S(=O)(=O)[N-]C(=O)OC(C)(C)C)cc1.[Li+]. The van der Waals surface area contributed by atoms with E-state index in [9.17, 15) is 13.2 Å². The summed E-state index contributed by atoms with van der Waals surface area (Å²) >= 11 is 0. The second kappa shape index (κ2) is 6.46. The van der Waals surface area contributed by atoms with Gasteiger partial charge in [0.2, 0.25) is 6.09 Å². The van der Waals surface area contributed by atoms with Crippen LogP contribution in [0.1, 0.15) is 26.3 Å². The predicted molar refractivity (Wildman–Crippen MR) is 68.0 cm³/mol. The van der Waals surface area contributed by atoms with Crippen LogP contribution in [0.15, 0.2) is 29.2 Å². The van der Waals surface area contributed by atoms with E-state index < -0.39 is 21.7 Å². The van der Waals surface area contributed by atoms with Crippen molar-refractivity contribution in [1.29, 1.82) is 0 Å². The average molecular weight is 277 g/mol. The third kappa shape index (κ3) is 6.15. The van der Waals surface area contributed by atoms with Gasteiger partial charge in [-0.2, -0.15) is 0 Å². The molecule has 0 saturated heterocycles. The fraction of sp³-hybridized carbons (Fsp3) is 0.417. The van der Waals surface area contributed by atoms with Crippen LogP contribution >= 0.6 is 0 Å². The minimum Gasteiger partial charge on any atom is -0.506 e. The van der Waals surface area contributed by atoms with Crippen LogP contribution in [-0.2, 0) is 14.8 Å². The second-order valence-electron chi connectivity index (χ2n) is 4.86. The molecule has 0 N–H and O–H groups in total. The van der Waals surface area contributed by atoms with Gasteiger partial charge >= 0.3 is 18.9 Å². The number of benzene rings is 1. The maximum Gasteiger partial charge on any atom is 1.00 e. The fourth-order valence-electron chi connectivity index (χ4n) is 1.14. The maximum atomic E-state index is 11.8.